The number of rotatable bonds is 6. The quantitative estimate of drug-likeness (QED) is 0.484. The van der Waals surface area contributed by atoms with Crippen molar-refractivity contribution in [2.24, 2.45) is 5.92 Å². The first-order chi connectivity index (χ1) is 17.9. The fourth-order valence-corrected chi connectivity index (χ4v) is 6.05. The predicted octanol–water partition coefficient (Wildman–Crippen LogP) is 3.07. The van der Waals surface area contributed by atoms with Crippen LogP contribution >= 0.6 is 0 Å². The standard InChI is InChI=1S/C29H32N4O4/c1-16(2)24(28(35)30-15-17-8-7-13-37-17)32-27(34)23-14-21-18-9-5-6-12-22(18)31-25(21)26-19-10-3-4-11-20(19)29(36)33(23)26/h3-6,9-12,16-17,23-24,26,31H,7-8,13-15H2,1-2H3,(H,30,35)(H,32,34)/t17-,23+,24+,26-/m1/s1. The lowest BCUT2D eigenvalue weighted by atomic mass is 9.89. The summed E-state index contributed by atoms with van der Waals surface area (Å²) in [5, 5.41) is 7.01. The number of hydrogen-bond donors (Lipinski definition) is 3. The molecule has 8 heteroatoms. The molecule has 3 aliphatic heterocycles. The van der Waals surface area contributed by atoms with Crippen LogP contribution in [-0.2, 0) is 20.7 Å². The van der Waals surface area contributed by atoms with Crippen LogP contribution in [0.15, 0.2) is 48.5 Å². The van der Waals surface area contributed by atoms with E-state index in [9.17, 15) is 14.4 Å². The molecule has 2 aromatic carbocycles. The van der Waals surface area contributed by atoms with E-state index in [0.717, 1.165) is 47.2 Å². The Bertz CT molecular complexity index is 1370. The summed E-state index contributed by atoms with van der Waals surface area (Å²) in [5.41, 5.74) is 4.50. The molecule has 0 radical (unpaired) electrons. The zero-order valence-corrected chi connectivity index (χ0v) is 21.1. The molecule has 3 aromatic rings. The highest BCUT2D eigenvalue weighted by molar-refractivity contribution is 6.04. The number of carbonyl (C=O) groups excluding carboxylic acids is 3. The zero-order chi connectivity index (χ0) is 25.7. The highest BCUT2D eigenvalue weighted by Gasteiger charge is 2.49. The first-order valence-corrected chi connectivity index (χ1v) is 13.1. The van der Waals surface area contributed by atoms with Crippen LogP contribution in [0.25, 0.3) is 10.9 Å². The summed E-state index contributed by atoms with van der Waals surface area (Å²) in [7, 11) is 0. The Kier molecular flexibility index (Phi) is 5.99. The van der Waals surface area contributed by atoms with Crippen molar-refractivity contribution in [2.45, 2.75) is 57.3 Å². The number of carbonyl (C=O) groups is 3. The second kappa shape index (κ2) is 9.34. The first-order valence-electron chi connectivity index (χ1n) is 13.1. The Morgan fingerprint density at radius 3 is 2.70 bits per heavy atom. The van der Waals surface area contributed by atoms with Gasteiger partial charge in [-0.25, -0.2) is 0 Å². The third-order valence-corrected chi connectivity index (χ3v) is 7.93. The van der Waals surface area contributed by atoms with E-state index in [2.05, 4.69) is 15.6 Å². The fraction of sp³-hybridized carbons (Fsp3) is 0.414. The van der Waals surface area contributed by atoms with E-state index in [4.69, 9.17) is 4.74 Å². The number of fused-ring (bicyclic) bond motifs is 7. The van der Waals surface area contributed by atoms with Crippen LogP contribution in [0, 0.1) is 5.92 Å². The highest BCUT2D eigenvalue weighted by Crippen LogP contribution is 2.46. The molecule has 0 bridgehead atoms. The number of aromatic nitrogens is 1. The van der Waals surface area contributed by atoms with Crippen molar-refractivity contribution < 1.29 is 19.1 Å². The lowest BCUT2D eigenvalue weighted by Gasteiger charge is -2.38. The van der Waals surface area contributed by atoms with Crippen molar-refractivity contribution in [1.82, 2.24) is 20.5 Å². The summed E-state index contributed by atoms with van der Waals surface area (Å²) < 4.78 is 5.62. The number of nitrogens with zero attached hydrogens (tertiary/aromatic N) is 1. The van der Waals surface area contributed by atoms with Crippen LogP contribution in [0.5, 0.6) is 0 Å². The lowest BCUT2D eigenvalue weighted by Crippen LogP contribution is -2.58. The second-order valence-corrected chi connectivity index (χ2v) is 10.6. The van der Waals surface area contributed by atoms with Crippen molar-refractivity contribution in [3.05, 3.63) is 70.9 Å². The summed E-state index contributed by atoms with van der Waals surface area (Å²) in [6.45, 7) is 4.97. The van der Waals surface area contributed by atoms with E-state index >= 15 is 0 Å². The Morgan fingerprint density at radius 2 is 1.92 bits per heavy atom. The van der Waals surface area contributed by atoms with E-state index in [1.165, 1.54) is 0 Å². The molecule has 6 rings (SSSR count). The van der Waals surface area contributed by atoms with E-state index in [0.29, 0.717) is 18.5 Å². The predicted molar refractivity (Wildman–Crippen MR) is 139 cm³/mol. The summed E-state index contributed by atoms with van der Waals surface area (Å²) in [6, 6.07) is 13.8. The number of amides is 3. The van der Waals surface area contributed by atoms with Gasteiger partial charge in [-0.2, -0.15) is 0 Å². The van der Waals surface area contributed by atoms with Crippen LogP contribution in [0.1, 0.15) is 59.9 Å². The van der Waals surface area contributed by atoms with Crippen LogP contribution in [0.3, 0.4) is 0 Å². The van der Waals surface area contributed by atoms with Crippen molar-refractivity contribution >= 4 is 28.6 Å². The molecule has 4 atom stereocenters. The summed E-state index contributed by atoms with van der Waals surface area (Å²) in [5.74, 6) is -0.819. The Labute approximate surface area is 215 Å². The van der Waals surface area contributed by atoms with Gasteiger partial charge in [-0.15, -0.1) is 0 Å². The minimum Gasteiger partial charge on any atom is -0.376 e. The number of ether oxygens (including phenoxy) is 1. The molecular formula is C29H32N4O4. The molecule has 8 nitrogen and oxygen atoms in total. The normalized spacial score (nSPS) is 23.1. The van der Waals surface area contributed by atoms with Crippen molar-refractivity contribution in [2.75, 3.05) is 13.2 Å². The molecule has 0 saturated carbocycles. The third-order valence-electron chi connectivity index (χ3n) is 7.93. The van der Waals surface area contributed by atoms with Gasteiger partial charge in [0, 0.05) is 41.7 Å². The van der Waals surface area contributed by atoms with Crippen molar-refractivity contribution in [1.29, 1.82) is 0 Å². The lowest BCUT2D eigenvalue weighted by molar-refractivity contribution is -0.133. The van der Waals surface area contributed by atoms with Gasteiger partial charge in [-0.05, 0) is 42.0 Å². The number of H-pyrrole nitrogens is 1. The molecule has 0 unspecified atom stereocenters. The van der Waals surface area contributed by atoms with Gasteiger partial charge < -0.3 is 25.3 Å². The average Bonchev–Trinajstić information content (AvgIpc) is 3.62. The van der Waals surface area contributed by atoms with E-state index in [-0.39, 0.29) is 35.8 Å². The number of aromatic amines is 1. The van der Waals surface area contributed by atoms with Gasteiger partial charge >= 0.3 is 0 Å². The molecule has 1 aromatic heterocycles. The summed E-state index contributed by atoms with van der Waals surface area (Å²) in [4.78, 5) is 45.8. The minimum absolute atomic E-state index is 0.0209. The molecular weight excluding hydrogens is 468 g/mol. The maximum Gasteiger partial charge on any atom is 0.255 e. The number of nitrogens with one attached hydrogen (secondary N) is 3. The molecule has 0 aliphatic carbocycles. The van der Waals surface area contributed by atoms with Crippen LogP contribution < -0.4 is 10.6 Å². The molecule has 3 aliphatic rings. The number of benzene rings is 2. The first kappa shape index (κ1) is 23.7. The maximum absolute atomic E-state index is 13.9. The second-order valence-electron chi connectivity index (χ2n) is 10.6. The largest absolute Gasteiger partial charge is 0.376 e. The molecule has 1 fully saturated rings. The monoisotopic (exact) mass is 500 g/mol. The maximum atomic E-state index is 13.9. The Balaban J connectivity index is 1.31. The van der Waals surface area contributed by atoms with Crippen molar-refractivity contribution in [3.8, 4) is 0 Å². The molecule has 1 saturated heterocycles. The minimum atomic E-state index is -0.733. The van der Waals surface area contributed by atoms with E-state index in [1.807, 2.05) is 62.4 Å². The molecule has 37 heavy (non-hydrogen) atoms. The van der Waals surface area contributed by atoms with Gasteiger partial charge in [0.05, 0.1) is 12.1 Å². The van der Waals surface area contributed by atoms with Gasteiger partial charge in [0.15, 0.2) is 0 Å². The van der Waals surface area contributed by atoms with Crippen molar-refractivity contribution in [3.63, 3.8) is 0 Å². The van der Waals surface area contributed by atoms with E-state index in [1.54, 1.807) is 4.90 Å². The van der Waals surface area contributed by atoms with E-state index < -0.39 is 12.1 Å². The third kappa shape index (κ3) is 4.00. The average molecular weight is 501 g/mol. The SMILES string of the molecule is CC(C)[C@H](NC(=O)[C@@H]1Cc2c([nH]c3ccccc23)[C@H]2c3ccccc3C(=O)N21)C(=O)NC[C@H]1CCCO1. The number of hydrogen-bond acceptors (Lipinski definition) is 4. The number of para-hydroxylation sites is 1. The van der Waals surface area contributed by atoms with Gasteiger partial charge in [0.2, 0.25) is 11.8 Å². The molecule has 3 N–H and O–H groups in total. The smallest absolute Gasteiger partial charge is 0.255 e. The molecule has 0 spiro atoms. The topological polar surface area (TPSA) is 104 Å². The van der Waals surface area contributed by atoms with Gasteiger partial charge in [0.25, 0.3) is 5.91 Å². The van der Waals surface area contributed by atoms with Crippen LogP contribution in [-0.4, -0.2) is 58.9 Å². The van der Waals surface area contributed by atoms with Gasteiger partial charge in [0.1, 0.15) is 12.1 Å². The Hall–Kier alpha value is -3.65. The van der Waals surface area contributed by atoms with Crippen LogP contribution in [0.4, 0.5) is 0 Å². The molecule has 4 heterocycles. The van der Waals surface area contributed by atoms with Crippen LogP contribution in [0.2, 0.25) is 0 Å². The van der Waals surface area contributed by atoms with Gasteiger partial charge in [-0.1, -0.05) is 50.2 Å². The highest BCUT2D eigenvalue weighted by atomic mass is 16.5. The zero-order valence-electron chi connectivity index (χ0n) is 21.1. The van der Waals surface area contributed by atoms with Gasteiger partial charge in [-0.3, -0.25) is 14.4 Å². The molecule has 3 amide bonds. The Morgan fingerprint density at radius 1 is 1.14 bits per heavy atom. The molecule has 192 valence electrons. The summed E-state index contributed by atoms with van der Waals surface area (Å²) >= 11 is 0. The summed E-state index contributed by atoms with van der Waals surface area (Å²) in [6.07, 6.45) is 2.32. The fourth-order valence-electron chi connectivity index (χ4n) is 6.05.